The van der Waals surface area contributed by atoms with Crippen LogP contribution in [0, 0.1) is 12.7 Å². The van der Waals surface area contributed by atoms with Gasteiger partial charge in [-0.15, -0.1) is 0 Å². The minimum Gasteiger partial charge on any atom is -0.357 e. The minimum atomic E-state index is -0.294. The van der Waals surface area contributed by atoms with E-state index in [1.807, 2.05) is 50.3 Å². The fourth-order valence-electron chi connectivity index (χ4n) is 4.66. The Labute approximate surface area is 221 Å². The van der Waals surface area contributed by atoms with Gasteiger partial charge in [0.15, 0.2) is 0 Å². The number of aromatic amines is 2. The first-order valence-electron chi connectivity index (χ1n) is 12.4. The summed E-state index contributed by atoms with van der Waals surface area (Å²) in [7, 11) is 0. The predicted octanol–water partition coefficient (Wildman–Crippen LogP) is 5.61. The van der Waals surface area contributed by atoms with Crippen LogP contribution in [-0.4, -0.2) is 50.0 Å². The summed E-state index contributed by atoms with van der Waals surface area (Å²) in [4.78, 5) is 15.2. The molecule has 5 rings (SSSR count). The number of aryl methyl sites for hydroxylation is 1. The molecule has 0 amide bonds. The van der Waals surface area contributed by atoms with Crippen molar-refractivity contribution in [2.45, 2.75) is 19.9 Å². The number of likely N-dealkylation sites (tertiary alicyclic amines) is 1. The zero-order valence-electron chi connectivity index (χ0n) is 21.5. The summed E-state index contributed by atoms with van der Waals surface area (Å²) in [5.74, 6) is 0.478. The number of nitrogens with two attached hydrogens (primary N) is 1. The van der Waals surface area contributed by atoms with Gasteiger partial charge in [0.05, 0.1) is 22.6 Å². The van der Waals surface area contributed by atoms with Crippen LogP contribution in [-0.2, 0) is 0 Å². The zero-order chi connectivity index (χ0) is 26.8. The molecule has 38 heavy (non-hydrogen) atoms. The highest BCUT2D eigenvalue weighted by molar-refractivity contribution is 5.97. The minimum absolute atomic E-state index is 0.159. The number of aromatic nitrogens is 4. The molecule has 0 aliphatic carbocycles. The van der Waals surface area contributed by atoms with Gasteiger partial charge < -0.3 is 15.6 Å². The lowest BCUT2D eigenvalue weighted by Gasteiger charge is -2.38. The maximum atomic E-state index is 14.7. The summed E-state index contributed by atoms with van der Waals surface area (Å²) in [6.07, 6.45) is 7.14. The summed E-state index contributed by atoms with van der Waals surface area (Å²) >= 11 is 0. The number of H-pyrrole nitrogens is 2. The number of allylic oxidation sites excluding steroid dienone is 3. The summed E-state index contributed by atoms with van der Waals surface area (Å²) < 4.78 is 14.7. The summed E-state index contributed by atoms with van der Waals surface area (Å²) in [6.45, 7) is 13.1. The molecular formula is C30H30FN7. The second kappa shape index (κ2) is 10.4. The van der Waals surface area contributed by atoms with Gasteiger partial charge >= 0.3 is 0 Å². The number of pyridine rings is 1. The molecule has 7 nitrogen and oxygen atoms in total. The van der Waals surface area contributed by atoms with Crippen LogP contribution >= 0.6 is 0 Å². The Morgan fingerprint density at radius 1 is 1.18 bits per heavy atom. The summed E-state index contributed by atoms with van der Waals surface area (Å²) in [5, 5.41) is 7.62. The second-order valence-electron chi connectivity index (χ2n) is 9.20. The number of rotatable bonds is 7. The van der Waals surface area contributed by atoms with Crippen molar-refractivity contribution < 1.29 is 4.39 Å². The molecule has 0 atom stereocenters. The third kappa shape index (κ3) is 4.62. The van der Waals surface area contributed by atoms with Gasteiger partial charge in [0.25, 0.3) is 0 Å². The van der Waals surface area contributed by atoms with Crippen molar-refractivity contribution in [1.82, 2.24) is 25.1 Å². The van der Waals surface area contributed by atoms with E-state index in [1.165, 1.54) is 6.07 Å². The van der Waals surface area contributed by atoms with Gasteiger partial charge in [0.1, 0.15) is 22.9 Å². The monoisotopic (exact) mass is 507 g/mol. The standard InChI is InChI=1S/C30H30FN7/c1-5-10-20(21-11-8-9-12-23(21)31)22-15-27(33-18(22)4)30-29-26(36-37-30)14-13-25(35-29)24(6-2)34-28(7-3)38-16-19(32)17-38/h5-15,19,33H,1,3,16-17,32H2,2,4H3,(H,36,37)/b20-10-,24-6-,34-28?. The Morgan fingerprint density at radius 2 is 1.97 bits per heavy atom. The number of hydrogen-bond donors (Lipinski definition) is 3. The van der Waals surface area contributed by atoms with E-state index in [0.717, 1.165) is 52.7 Å². The Morgan fingerprint density at radius 3 is 2.66 bits per heavy atom. The number of benzene rings is 1. The van der Waals surface area contributed by atoms with Crippen molar-refractivity contribution in [2.24, 2.45) is 10.7 Å². The van der Waals surface area contributed by atoms with E-state index in [9.17, 15) is 4.39 Å². The molecule has 0 spiro atoms. The van der Waals surface area contributed by atoms with Crippen LogP contribution in [0.5, 0.6) is 0 Å². The molecule has 1 aliphatic heterocycles. The van der Waals surface area contributed by atoms with Gasteiger partial charge in [-0.3, -0.25) is 5.10 Å². The van der Waals surface area contributed by atoms with Crippen molar-refractivity contribution >= 4 is 28.1 Å². The zero-order valence-corrected chi connectivity index (χ0v) is 21.5. The van der Waals surface area contributed by atoms with Gasteiger partial charge in [0, 0.05) is 36.0 Å². The number of halogens is 1. The van der Waals surface area contributed by atoms with Crippen molar-refractivity contribution in [3.05, 3.63) is 108 Å². The van der Waals surface area contributed by atoms with Crippen molar-refractivity contribution in [3.8, 4) is 11.4 Å². The smallest absolute Gasteiger partial charge is 0.135 e. The first-order valence-corrected chi connectivity index (χ1v) is 12.4. The number of aliphatic imine (C=N–C) groups is 1. The Balaban J connectivity index is 1.55. The van der Waals surface area contributed by atoms with E-state index in [1.54, 1.807) is 24.3 Å². The van der Waals surface area contributed by atoms with E-state index in [2.05, 4.69) is 33.2 Å². The molecule has 1 saturated heterocycles. The van der Waals surface area contributed by atoms with Crippen LogP contribution in [0.15, 0.2) is 84.9 Å². The van der Waals surface area contributed by atoms with Crippen molar-refractivity contribution in [1.29, 1.82) is 0 Å². The molecule has 1 aliphatic rings. The normalized spacial score (nSPS) is 15.2. The Hall–Kier alpha value is -4.56. The molecule has 1 aromatic carbocycles. The van der Waals surface area contributed by atoms with Gasteiger partial charge in [0.2, 0.25) is 0 Å². The number of nitrogens with zero attached hydrogens (tertiary/aromatic N) is 4. The lowest BCUT2D eigenvalue weighted by Crippen LogP contribution is -2.57. The van der Waals surface area contributed by atoms with Crippen LogP contribution in [0.25, 0.3) is 33.7 Å². The first kappa shape index (κ1) is 25.1. The van der Waals surface area contributed by atoms with Gasteiger partial charge in [-0.1, -0.05) is 49.6 Å². The highest BCUT2D eigenvalue weighted by atomic mass is 19.1. The Kier molecular flexibility index (Phi) is 6.89. The maximum absolute atomic E-state index is 14.7. The lowest BCUT2D eigenvalue weighted by molar-refractivity contribution is 0.256. The van der Waals surface area contributed by atoms with Gasteiger partial charge in [-0.2, -0.15) is 5.10 Å². The van der Waals surface area contributed by atoms with Crippen molar-refractivity contribution in [3.63, 3.8) is 0 Å². The van der Waals surface area contributed by atoms with Crippen LogP contribution in [0.4, 0.5) is 4.39 Å². The third-order valence-electron chi connectivity index (χ3n) is 6.60. The average Bonchev–Trinajstić information content (AvgIpc) is 3.50. The molecule has 4 heterocycles. The molecule has 8 heteroatoms. The number of nitrogens with one attached hydrogen (secondary N) is 2. The molecule has 4 aromatic rings. The highest BCUT2D eigenvalue weighted by Gasteiger charge is 2.25. The highest BCUT2D eigenvalue weighted by Crippen LogP contribution is 2.33. The van der Waals surface area contributed by atoms with E-state index in [-0.39, 0.29) is 11.9 Å². The van der Waals surface area contributed by atoms with E-state index in [0.29, 0.717) is 22.5 Å². The van der Waals surface area contributed by atoms with E-state index in [4.69, 9.17) is 15.7 Å². The predicted molar refractivity (Wildman–Crippen MR) is 153 cm³/mol. The van der Waals surface area contributed by atoms with Crippen LogP contribution in [0.2, 0.25) is 0 Å². The topological polar surface area (TPSA) is 99.0 Å². The lowest BCUT2D eigenvalue weighted by atomic mass is 9.97. The quantitative estimate of drug-likeness (QED) is 0.172. The van der Waals surface area contributed by atoms with E-state index < -0.39 is 0 Å². The van der Waals surface area contributed by atoms with Crippen molar-refractivity contribution in [2.75, 3.05) is 13.1 Å². The number of hydrogen-bond acceptors (Lipinski definition) is 4. The summed E-state index contributed by atoms with van der Waals surface area (Å²) in [6, 6.07) is 12.7. The molecule has 1 fully saturated rings. The number of fused-ring (bicyclic) bond motifs is 1. The van der Waals surface area contributed by atoms with Gasteiger partial charge in [-0.25, -0.2) is 14.4 Å². The first-order chi connectivity index (χ1) is 18.4. The molecule has 192 valence electrons. The molecule has 0 unspecified atom stereocenters. The maximum Gasteiger partial charge on any atom is 0.135 e. The average molecular weight is 508 g/mol. The molecular weight excluding hydrogens is 477 g/mol. The summed E-state index contributed by atoms with van der Waals surface area (Å²) in [5.41, 5.74) is 13.3. The molecule has 0 bridgehead atoms. The second-order valence-corrected chi connectivity index (χ2v) is 9.20. The molecule has 4 N–H and O–H groups in total. The van der Waals surface area contributed by atoms with Crippen LogP contribution in [0.1, 0.15) is 29.4 Å². The van der Waals surface area contributed by atoms with Crippen LogP contribution in [0.3, 0.4) is 0 Å². The van der Waals surface area contributed by atoms with E-state index >= 15 is 0 Å². The fraction of sp³-hybridized carbons (Fsp3) is 0.167. The van der Waals surface area contributed by atoms with Gasteiger partial charge in [-0.05, 0) is 49.8 Å². The Bertz CT molecular complexity index is 1610. The largest absolute Gasteiger partial charge is 0.357 e. The number of amidine groups is 1. The molecule has 0 radical (unpaired) electrons. The third-order valence-corrected chi connectivity index (χ3v) is 6.60. The SMILES string of the molecule is C=C/C=C(/c1ccccc1F)c1cc(-c2n[nH]c3ccc(/C(=C/C)N=C(C=C)N4CC(N)C4)nc23)[nH]c1C. The fourth-order valence-corrected chi connectivity index (χ4v) is 4.66. The van der Waals surface area contributed by atoms with Crippen LogP contribution < -0.4 is 5.73 Å². The molecule has 3 aromatic heterocycles. The molecule has 0 saturated carbocycles.